The predicted molar refractivity (Wildman–Crippen MR) is 148 cm³/mol. The van der Waals surface area contributed by atoms with Gasteiger partial charge < -0.3 is 20.9 Å². The molecule has 0 fully saturated rings. The number of rotatable bonds is 13. The molecule has 8 nitrogen and oxygen atoms in total. The minimum Gasteiger partial charge on any atom is -0.369 e. The summed E-state index contributed by atoms with van der Waals surface area (Å²) in [6.45, 7) is 14.9. The van der Waals surface area contributed by atoms with Crippen molar-refractivity contribution in [2.45, 2.75) is 66.0 Å². The van der Waals surface area contributed by atoms with Crippen LogP contribution in [0.4, 0.5) is 5.69 Å². The van der Waals surface area contributed by atoms with Gasteiger partial charge in [-0.3, -0.25) is 19.4 Å². The third kappa shape index (κ3) is 6.66. The fraction of sp³-hybridized carbons (Fsp3) is 0.586. The number of nitrogens with two attached hydrogens (primary N) is 1. The Morgan fingerprint density at radius 1 is 1.24 bits per heavy atom. The van der Waals surface area contributed by atoms with Gasteiger partial charge >= 0.3 is 0 Å². The fourth-order valence-electron chi connectivity index (χ4n) is 5.50. The van der Waals surface area contributed by atoms with E-state index in [2.05, 4.69) is 36.7 Å². The quantitative estimate of drug-likeness (QED) is 0.398. The summed E-state index contributed by atoms with van der Waals surface area (Å²) >= 11 is 0. The number of carbonyl (C=O) groups is 3. The minimum atomic E-state index is -1.05. The zero-order chi connectivity index (χ0) is 27.1. The normalized spacial score (nSPS) is 18.6. The van der Waals surface area contributed by atoms with Gasteiger partial charge in [-0.15, -0.1) is 6.58 Å². The van der Waals surface area contributed by atoms with E-state index in [4.69, 9.17) is 10.7 Å². The maximum absolute atomic E-state index is 14.0. The van der Waals surface area contributed by atoms with Gasteiger partial charge in [0.2, 0.25) is 18.0 Å². The van der Waals surface area contributed by atoms with Gasteiger partial charge in [-0.25, -0.2) is 0 Å². The largest absolute Gasteiger partial charge is 0.369 e. The molecule has 1 aliphatic heterocycles. The molecular weight excluding hydrogens is 466 g/mol. The summed E-state index contributed by atoms with van der Waals surface area (Å²) in [4.78, 5) is 48.8. The Hall–Kier alpha value is -3.00. The van der Waals surface area contributed by atoms with Crippen LogP contribution in [-0.4, -0.2) is 60.7 Å². The first kappa shape index (κ1) is 28.6. The van der Waals surface area contributed by atoms with Crippen molar-refractivity contribution in [2.75, 3.05) is 31.1 Å². The molecule has 3 N–H and O–H groups in total. The third-order valence-corrected chi connectivity index (χ3v) is 7.50. The zero-order valence-corrected chi connectivity index (χ0v) is 22.8. The molecule has 1 aromatic rings. The molecule has 0 spiro atoms. The lowest BCUT2D eigenvalue weighted by molar-refractivity contribution is -0.135. The number of anilines is 1. The summed E-state index contributed by atoms with van der Waals surface area (Å²) in [6.07, 6.45) is 3.98. The molecule has 0 aromatic heterocycles. The lowest BCUT2D eigenvalue weighted by Crippen LogP contribution is -2.52. The van der Waals surface area contributed by atoms with Crippen molar-refractivity contribution < 1.29 is 14.4 Å². The summed E-state index contributed by atoms with van der Waals surface area (Å²) in [5, 5.41) is 2.92. The van der Waals surface area contributed by atoms with E-state index in [-0.39, 0.29) is 17.7 Å². The average Bonchev–Trinajstić information content (AvgIpc) is 2.97. The lowest BCUT2D eigenvalue weighted by Gasteiger charge is -2.30. The van der Waals surface area contributed by atoms with Crippen LogP contribution in [0.1, 0.15) is 64.5 Å². The van der Waals surface area contributed by atoms with E-state index in [9.17, 15) is 14.4 Å². The van der Waals surface area contributed by atoms with Gasteiger partial charge in [-0.2, -0.15) is 0 Å². The Labute approximate surface area is 221 Å². The Morgan fingerprint density at radius 3 is 2.59 bits per heavy atom. The maximum Gasteiger partial charge on any atom is 0.272 e. The van der Waals surface area contributed by atoms with E-state index in [1.54, 1.807) is 11.0 Å². The number of primary amides is 1. The number of likely N-dealkylation sites (N-methyl/N-ethyl adjacent to an activating group) is 1. The van der Waals surface area contributed by atoms with Crippen LogP contribution in [0.2, 0.25) is 0 Å². The molecule has 8 heteroatoms. The molecule has 1 aliphatic carbocycles. The van der Waals surface area contributed by atoms with Crippen molar-refractivity contribution in [3.63, 3.8) is 0 Å². The second-order valence-corrected chi connectivity index (χ2v) is 10.4. The van der Waals surface area contributed by atoms with Gasteiger partial charge in [0.25, 0.3) is 5.91 Å². The highest BCUT2D eigenvalue weighted by Crippen LogP contribution is 2.34. The summed E-state index contributed by atoms with van der Waals surface area (Å²) in [6, 6.07) is 6.09. The number of nitrogens with zero attached hydrogens (tertiary/aromatic N) is 3. The van der Waals surface area contributed by atoms with E-state index in [1.165, 1.54) is 5.56 Å². The standard InChI is InChI=1S/C29H43N5O3/c1-6-11-21(26(30)35)22(18-19(4)5)28(36)32-27-29(37)34(17-16-33(7-2)8-3)24-15-10-13-20-12-9-14-23(31-27)25(20)24/h6,10,13,15,19,21-22,27H,1,7-9,11-12,14,16-18H2,2-5H3,(H2,30,35)(H,32,36)/t21-,22+,27?/m0/s1. The van der Waals surface area contributed by atoms with Crippen molar-refractivity contribution in [1.29, 1.82) is 0 Å². The van der Waals surface area contributed by atoms with Crippen molar-refractivity contribution in [3.05, 3.63) is 42.0 Å². The van der Waals surface area contributed by atoms with Crippen LogP contribution < -0.4 is 16.0 Å². The molecule has 202 valence electrons. The van der Waals surface area contributed by atoms with Crippen LogP contribution in [0.15, 0.2) is 35.8 Å². The molecule has 3 rings (SSSR count). The number of carbonyl (C=O) groups excluding carboxylic acids is 3. The van der Waals surface area contributed by atoms with Crippen molar-refractivity contribution in [3.8, 4) is 0 Å². The van der Waals surface area contributed by atoms with Gasteiger partial charge in [0.15, 0.2) is 0 Å². The maximum atomic E-state index is 14.0. The minimum absolute atomic E-state index is 0.161. The van der Waals surface area contributed by atoms with Crippen LogP contribution >= 0.6 is 0 Å². The molecule has 1 heterocycles. The molecule has 2 aliphatic rings. The van der Waals surface area contributed by atoms with Gasteiger partial charge in [0.1, 0.15) is 0 Å². The van der Waals surface area contributed by atoms with Gasteiger partial charge in [-0.1, -0.05) is 45.9 Å². The second kappa shape index (κ2) is 13.0. The molecule has 0 saturated heterocycles. The molecule has 37 heavy (non-hydrogen) atoms. The number of benzene rings is 1. The molecule has 1 unspecified atom stereocenters. The van der Waals surface area contributed by atoms with E-state index < -0.39 is 23.9 Å². The molecular formula is C29H43N5O3. The Morgan fingerprint density at radius 2 is 1.97 bits per heavy atom. The number of amides is 3. The summed E-state index contributed by atoms with van der Waals surface area (Å²) in [5.74, 6) is -2.35. The molecule has 3 amide bonds. The van der Waals surface area contributed by atoms with Crippen LogP contribution in [0, 0.1) is 17.8 Å². The summed E-state index contributed by atoms with van der Waals surface area (Å²) in [7, 11) is 0. The third-order valence-electron chi connectivity index (χ3n) is 7.50. The molecule has 1 aromatic carbocycles. The van der Waals surface area contributed by atoms with E-state index in [0.29, 0.717) is 19.4 Å². The highest BCUT2D eigenvalue weighted by atomic mass is 16.2. The van der Waals surface area contributed by atoms with Gasteiger partial charge in [0.05, 0.1) is 17.5 Å². The average molecular weight is 510 g/mol. The number of aliphatic imine (C=N–C) groups is 1. The predicted octanol–water partition coefficient (Wildman–Crippen LogP) is 3.28. The number of allylic oxidation sites excluding steroid dienone is 1. The van der Waals surface area contributed by atoms with E-state index in [1.807, 2.05) is 26.0 Å². The first-order valence-corrected chi connectivity index (χ1v) is 13.6. The number of hydrogen-bond donors (Lipinski definition) is 2. The Kier molecular flexibility index (Phi) is 10.0. The number of hydrogen-bond acceptors (Lipinski definition) is 5. The lowest BCUT2D eigenvalue weighted by atomic mass is 9.82. The van der Waals surface area contributed by atoms with Gasteiger partial charge in [0, 0.05) is 24.4 Å². The van der Waals surface area contributed by atoms with Crippen LogP contribution in [-0.2, 0) is 20.8 Å². The molecule has 0 saturated carbocycles. The van der Waals surface area contributed by atoms with Crippen LogP contribution in [0.25, 0.3) is 0 Å². The summed E-state index contributed by atoms with van der Waals surface area (Å²) in [5.41, 5.74) is 9.63. The zero-order valence-electron chi connectivity index (χ0n) is 22.8. The topological polar surface area (TPSA) is 108 Å². The van der Waals surface area contributed by atoms with Crippen LogP contribution in [0.5, 0.6) is 0 Å². The van der Waals surface area contributed by atoms with Crippen molar-refractivity contribution >= 4 is 29.1 Å². The second-order valence-electron chi connectivity index (χ2n) is 10.4. The highest BCUT2D eigenvalue weighted by molar-refractivity contribution is 6.14. The van der Waals surface area contributed by atoms with Crippen molar-refractivity contribution in [2.24, 2.45) is 28.5 Å². The van der Waals surface area contributed by atoms with E-state index in [0.717, 1.165) is 55.9 Å². The Bertz CT molecular complexity index is 1030. The fourth-order valence-corrected chi connectivity index (χ4v) is 5.50. The molecule has 0 bridgehead atoms. The summed E-state index contributed by atoms with van der Waals surface area (Å²) < 4.78 is 0. The Balaban J connectivity index is 1.98. The van der Waals surface area contributed by atoms with Crippen molar-refractivity contribution in [1.82, 2.24) is 10.2 Å². The smallest absolute Gasteiger partial charge is 0.272 e. The first-order chi connectivity index (χ1) is 17.7. The number of aryl methyl sites for hydroxylation is 1. The van der Waals surface area contributed by atoms with Gasteiger partial charge in [-0.05, 0) is 62.7 Å². The molecule has 0 radical (unpaired) electrons. The molecule has 3 atom stereocenters. The first-order valence-electron chi connectivity index (χ1n) is 13.6. The highest BCUT2D eigenvalue weighted by Gasteiger charge is 2.38. The SMILES string of the molecule is C=CC[C@H](C(N)=O)[C@@H](CC(C)C)C(=O)NC1N=C2CCCc3cccc(c32)N(CCN(CC)CC)C1=O. The monoisotopic (exact) mass is 509 g/mol. The number of nitrogens with one attached hydrogen (secondary N) is 1. The van der Waals surface area contributed by atoms with E-state index >= 15 is 0 Å². The van der Waals surface area contributed by atoms with Crippen LogP contribution in [0.3, 0.4) is 0 Å².